The van der Waals surface area contributed by atoms with Crippen LogP contribution in [0.3, 0.4) is 0 Å². The van der Waals surface area contributed by atoms with E-state index in [1.165, 1.54) is 17.0 Å². The number of halogens is 3. The molecular weight excluding hydrogens is 427 g/mol. The molecule has 1 atom stereocenters. The van der Waals surface area contributed by atoms with Crippen molar-refractivity contribution in [3.05, 3.63) is 51.4 Å². The van der Waals surface area contributed by atoms with Gasteiger partial charge < -0.3 is 15.6 Å². The minimum Gasteiger partial charge on any atom is -0.369 e. The first-order valence-electron chi connectivity index (χ1n) is 9.84. The molecule has 0 bridgehead atoms. The highest BCUT2D eigenvalue weighted by atomic mass is 19.4. The van der Waals surface area contributed by atoms with Gasteiger partial charge in [0.05, 0.1) is 29.4 Å². The van der Waals surface area contributed by atoms with Gasteiger partial charge in [0.2, 0.25) is 11.8 Å². The Kier molecular flexibility index (Phi) is 6.62. The van der Waals surface area contributed by atoms with Crippen molar-refractivity contribution in [3.8, 4) is 17.5 Å². The Bertz CT molecular complexity index is 1120. The van der Waals surface area contributed by atoms with Gasteiger partial charge in [-0.25, -0.2) is 4.98 Å². The molecule has 2 aromatic rings. The monoisotopic (exact) mass is 447 g/mol. The number of nitrogens with two attached hydrogens (primary N) is 1. The molecule has 1 aromatic heterocycles. The summed E-state index contributed by atoms with van der Waals surface area (Å²) in [5.74, 6) is -1.56. The molecular formula is C21H20F3N5O3. The van der Waals surface area contributed by atoms with E-state index in [4.69, 9.17) is 11.0 Å². The number of benzene rings is 1. The predicted octanol–water partition coefficient (Wildman–Crippen LogP) is 2.45. The van der Waals surface area contributed by atoms with Crippen molar-refractivity contribution >= 4 is 11.8 Å². The zero-order valence-electron chi connectivity index (χ0n) is 16.9. The second-order valence-electron chi connectivity index (χ2n) is 7.52. The first-order valence-corrected chi connectivity index (χ1v) is 9.84. The molecule has 32 heavy (non-hydrogen) atoms. The normalized spacial score (nSPS) is 15.7. The number of carbonyl (C=O) groups is 2. The summed E-state index contributed by atoms with van der Waals surface area (Å²) in [6.45, 7) is 0.124. The van der Waals surface area contributed by atoms with Gasteiger partial charge in [-0.15, -0.1) is 0 Å². The van der Waals surface area contributed by atoms with Gasteiger partial charge in [0, 0.05) is 24.4 Å². The average molecular weight is 447 g/mol. The Morgan fingerprint density at radius 2 is 1.97 bits per heavy atom. The summed E-state index contributed by atoms with van der Waals surface area (Å²) in [7, 11) is 0. The van der Waals surface area contributed by atoms with Crippen molar-refractivity contribution in [2.45, 2.75) is 44.3 Å². The highest BCUT2D eigenvalue weighted by molar-refractivity contribution is 5.96. The van der Waals surface area contributed by atoms with Crippen molar-refractivity contribution in [2.24, 2.45) is 5.73 Å². The lowest BCUT2D eigenvalue weighted by molar-refractivity contribution is -0.138. The molecule has 1 aliphatic rings. The van der Waals surface area contributed by atoms with Crippen molar-refractivity contribution in [3.63, 3.8) is 0 Å². The van der Waals surface area contributed by atoms with E-state index in [1.807, 2.05) is 6.07 Å². The molecule has 11 heteroatoms. The Hall–Kier alpha value is -3.68. The number of H-pyrrole nitrogens is 1. The maximum atomic E-state index is 12.8. The van der Waals surface area contributed by atoms with Crippen molar-refractivity contribution in [1.29, 1.82) is 5.26 Å². The van der Waals surface area contributed by atoms with Crippen LogP contribution < -0.4 is 11.3 Å². The number of amides is 2. The fourth-order valence-electron chi connectivity index (χ4n) is 3.67. The topological polar surface area (TPSA) is 133 Å². The molecule has 1 aromatic carbocycles. The summed E-state index contributed by atoms with van der Waals surface area (Å²) in [4.78, 5) is 44.7. The number of hydrogen-bond acceptors (Lipinski definition) is 5. The Balaban J connectivity index is 1.98. The van der Waals surface area contributed by atoms with Gasteiger partial charge in [-0.2, -0.15) is 18.4 Å². The van der Waals surface area contributed by atoms with Gasteiger partial charge in [-0.3, -0.25) is 14.4 Å². The van der Waals surface area contributed by atoms with Crippen molar-refractivity contribution in [2.75, 3.05) is 6.54 Å². The molecule has 168 valence electrons. The first-order chi connectivity index (χ1) is 15.1. The van der Waals surface area contributed by atoms with Crippen LogP contribution >= 0.6 is 0 Å². The zero-order chi connectivity index (χ0) is 23.5. The summed E-state index contributed by atoms with van der Waals surface area (Å²) in [5, 5.41) is 8.83. The maximum absolute atomic E-state index is 12.8. The number of alkyl halides is 3. The third kappa shape index (κ3) is 5.14. The molecule has 0 radical (unpaired) electrons. The van der Waals surface area contributed by atoms with Gasteiger partial charge in [0.1, 0.15) is 12.2 Å². The van der Waals surface area contributed by atoms with Gasteiger partial charge in [-0.1, -0.05) is 12.1 Å². The SMILES string of the molecule is N#CCCCC1CN(C(=O)CC(N)=O)Cc2c1nc(-c1ccc(C(F)(F)F)cc1)[nH]c2=O. The summed E-state index contributed by atoms with van der Waals surface area (Å²) >= 11 is 0. The van der Waals surface area contributed by atoms with Crippen LogP contribution in [-0.2, 0) is 22.3 Å². The number of fused-ring (bicyclic) bond motifs is 1. The zero-order valence-corrected chi connectivity index (χ0v) is 16.9. The summed E-state index contributed by atoms with van der Waals surface area (Å²) in [5.41, 5.74) is 4.75. The smallest absolute Gasteiger partial charge is 0.369 e. The van der Waals surface area contributed by atoms with Gasteiger partial charge >= 0.3 is 6.18 Å². The van der Waals surface area contributed by atoms with E-state index in [9.17, 15) is 27.6 Å². The lowest BCUT2D eigenvalue weighted by Crippen LogP contribution is -2.43. The van der Waals surface area contributed by atoms with Crippen LogP contribution in [0.15, 0.2) is 29.1 Å². The van der Waals surface area contributed by atoms with E-state index in [0.29, 0.717) is 24.1 Å². The van der Waals surface area contributed by atoms with E-state index >= 15 is 0 Å². The van der Waals surface area contributed by atoms with Crippen LogP contribution in [0.5, 0.6) is 0 Å². The van der Waals surface area contributed by atoms with Crippen molar-refractivity contribution in [1.82, 2.24) is 14.9 Å². The van der Waals surface area contributed by atoms with Crippen LogP contribution in [0, 0.1) is 11.3 Å². The molecule has 2 heterocycles. The number of nitriles is 1. The number of primary amides is 1. The molecule has 2 amide bonds. The highest BCUT2D eigenvalue weighted by Gasteiger charge is 2.33. The molecule has 3 rings (SSSR count). The third-order valence-electron chi connectivity index (χ3n) is 5.23. The number of unbranched alkanes of at least 4 members (excludes halogenated alkanes) is 1. The molecule has 0 saturated carbocycles. The number of rotatable bonds is 6. The molecule has 0 aliphatic carbocycles. The Morgan fingerprint density at radius 1 is 1.28 bits per heavy atom. The minimum atomic E-state index is -4.48. The molecule has 0 fully saturated rings. The molecule has 0 saturated heterocycles. The molecule has 0 spiro atoms. The lowest BCUT2D eigenvalue weighted by Gasteiger charge is -2.33. The van der Waals surface area contributed by atoms with E-state index in [0.717, 1.165) is 12.1 Å². The summed E-state index contributed by atoms with van der Waals surface area (Å²) in [6.07, 6.45) is -3.74. The second-order valence-corrected chi connectivity index (χ2v) is 7.52. The second kappa shape index (κ2) is 9.21. The fraction of sp³-hybridized carbons (Fsp3) is 0.381. The third-order valence-corrected chi connectivity index (χ3v) is 5.23. The Morgan fingerprint density at radius 3 is 2.56 bits per heavy atom. The number of nitrogens with one attached hydrogen (secondary N) is 1. The first kappa shape index (κ1) is 23.0. The van der Waals surface area contributed by atoms with Gasteiger partial charge in [0.15, 0.2) is 0 Å². The molecule has 1 unspecified atom stereocenters. The van der Waals surface area contributed by atoms with Gasteiger partial charge in [-0.05, 0) is 25.0 Å². The maximum Gasteiger partial charge on any atom is 0.416 e. The van der Waals surface area contributed by atoms with Crippen LogP contribution in [0.25, 0.3) is 11.4 Å². The Labute approximate surface area is 180 Å². The average Bonchev–Trinajstić information content (AvgIpc) is 2.73. The van der Waals surface area contributed by atoms with Crippen molar-refractivity contribution < 1.29 is 22.8 Å². The van der Waals surface area contributed by atoms with Crippen LogP contribution in [0.2, 0.25) is 0 Å². The largest absolute Gasteiger partial charge is 0.416 e. The highest BCUT2D eigenvalue weighted by Crippen LogP contribution is 2.32. The fourth-order valence-corrected chi connectivity index (χ4v) is 3.67. The number of hydrogen-bond donors (Lipinski definition) is 2. The predicted molar refractivity (Wildman–Crippen MR) is 107 cm³/mol. The number of nitrogens with zero attached hydrogens (tertiary/aromatic N) is 3. The van der Waals surface area contributed by atoms with E-state index in [2.05, 4.69) is 9.97 Å². The quantitative estimate of drug-likeness (QED) is 0.518. The number of aromatic amines is 1. The minimum absolute atomic E-state index is 0.0637. The molecule has 1 aliphatic heterocycles. The van der Waals surface area contributed by atoms with Crippen LogP contribution in [0.1, 0.15) is 48.4 Å². The van der Waals surface area contributed by atoms with Crippen LogP contribution in [-0.4, -0.2) is 33.2 Å². The standard InChI is InChI=1S/C21H20F3N5O3/c22-21(23,24)14-6-4-12(5-7-14)19-27-18-13(3-1-2-8-25)10-29(17(31)9-16(26)30)11-15(18)20(32)28-19/h4-7,13H,1-3,9-11H2,(H2,26,30)(H,27,28,32). The van der Waals surface area contributed by atoms with E-state index in [1.54, 1.807) is 0 Å². The van der Waals surface area contributed by atoms with E-state index in [-0.39, 0.29) is 36.8 Å². The number of aromatic nitrogens is 2. The molecule has 3 N–H and O–H groups in total. The summed E-state index contributed by atoms with van der Waals surface area (Å²) < 4.78 is 38.5. The van der Waals surface area contributed by atoms with Gasteiger partial charge in [0.25, 0.3) is 5.56 Å². The molecule has 8 nitrogen and oxygen atoms in total. The summed E-state index contributed by atoms with van der Waals surface area (Å²) in [6, 6.07) is 6.30. The number of carbonyl (C=O) groups excluding carboxylic acids is 2. The lowest BCUT2D eigenvalue weighted by atomic mass is 9.90. The van der Waals surface area contributed by atoms with E-state index < -0.39 is 35.5 Å². The van der Waals surface area contributed by atoms with Crippen LogP contribution in [0.4, 0.5) is 13.2 Å².